The maximum Gasteiger partial charge on any atom is 0.280 e. The molecule has 0 saturated carbocycles. The van der Waals surface area contributed by atoms with Crippen molar-refractivity contribution in [3.8, 4) is 0 Å². The molecule has 3 heterocycles. The Hall–Kier alpha value is -4.26. The van der Waals surface area contributed by atoms with Crippen molar-refractivity contribution in [2.24, 2.45) is 0 Å². The highest BCUT2D eigenvalue weighted by molar-refractivity contribution is 6.32. The third kappa shape index (κ3) is 11.6. The Morgan fingerprint density at radius 2 is 1.15 bits per heavy atom. The first-order chi connectivity index (χ1) is 21.9. The van der Waals surface area contributed by atoms with Gasteiger partial charge in [-0.1, -0.05) is 29.6 Å². The van der Waals surface area contributed by atoms with Crippen LogP contribution >= 0.6 is 23.2 Å². The van der Waals surface area contributed by atoms with Crippen LogP contribution in [0.15, 0.2) is 0 Å². The number of rotatable bonds is 14. The molecule has 1 aliphatic rings. The fraction of sp³-hybridized carbons (Fsp3) is 0.538. The van der Waals surface area contributed by atoms with E-state index in [-0.39, 0.29) is 56.9 Å². The smallest absolute Gasteiger partial charge is 0.280 e. The molecule has 46 heavy (non-hydrogen) atoms. The second-order valence-electron chi connectivity index (χ2n) is 10.6. The highest BCUT2D eigenvalue weighted by Crippen LogP contribution is 2.18. The third-order valence-electron chi connectivity index (χ3n) is 7.10. The summed E-state index contributed by atoms with van der Waals surface area (Å²) in [6, 6.07) is 0.483. The minimum absolute atomic E-state index is 0.0702. The van der Waals surface area contributed by atoms with Crippen LogP contribution in [-0.2, 0) is 0 Å². The molecule has 252 valence electrons. The van der Waals surface area contributed by atoms with E-state index in [0.717, 1.165) is 71.1 Å². The van der Waals surface area contributed by atoms with Gasteiger partial charge in [0.1, 0.15) is 0 Å². The zero-order valence-corrected chi connectivity index (χ0v) is 26.9. The lowest BCUT2D eigenvalue weighted by molar-refractivity contribution is 0.0963. The zero-order valence-electron chi connectivity index (χ0n) is 25.4. The molecule has 18 nitrogen and oxygen atoms in total. The maximum absolute atomic E-state index is 12.3. The van der Waals surface area contributed by atoms with Crippen LogP contribution in [0.25, 0.3) is 0 Å². The number of hydrogen-bond acceptors (Lipinski definition) is 14. The van der Waals surface area contributed by atoms with Gasteiger partial charge in [0, 0.05) is 19.1 Å². The van der Waals surface area contributed by atoms with Gasteiger partial charge >= 0.3 is 0 Å². The van der Waals surface area contributed by atoms with Crippen LogP contribution in [0.2, 0.25) is 10.3 Å². The predicted octanol–water partition coefficient (Wildman–Crippen LogP) is 0.115. The molecule has 2 amide bonds. The molecular formula is C26H42Cl2N16O2. The minimum Gasteiger partial charge on any atom is -0.382 e. The maximum atomic E-state index is 12.3. The number of nitrogen functional groups attached to an aromatic ring is 4. The van der Waals surface area contributed by atoms with Crippen molar-refractivity contribution in [2.75, 3.05) is 62.2 Å². The van der Waals surface area contributed by atoms with Crippen molar-refractivity contribution in [1.82, 2.24) is 51.4 Å². The van der Waals surface area contributed by atoms with E-state index in [1.165, 1.54) is 0 Å². The van der Waals surface area contributed by atoms with E-state index in [1.807, 2.05) is 0 Å². The number of likely N-dealkylation sites (tertiary alicyclic amines) is 1. The Balaban J connectivity index is 1.16. The first kappa shape index (κ1) is 36.2. The van der Waals surface area contributed by atoms with Crippen LogP contribution in [0.1, 0.15) is 65.9 Å². The predicted molar refractivity (Wildman–Crippen MR) is 179 cm³/mol. The number of nitrogens with one attached hydrogen (secondary N) is 7. The standard InChI is InChI=1S/C26H42Cl2N16O2/c27-17-21(31)40-19(29)15(38-17)23(45)42-25(33)36-9-2-1-5-11-44-12-6-14(7-13-44)35-8-3-4-10-37-26(34)43-24(46)16-20(30)41-22(32)18(28)39-16/h14,35H,1-13H2,(H4,29,31,40)(H4,30,32,41)(H3,33,36,42,45)(H3,34,37,43,46). The average Bonchev–Trinajstić information content (AvgIpc) is 3.00. The molecule has 1 saturated heterocycles. The third-order valence-corrected chi connectivity index (χ3v) is 7.65. The topological polar surface area (TPSA) is 301 Å². The van der Waals surface area contributed by atoms with Gasteiger partial charge in [0.25, 0.3) is 11.8 Å². The summed E-state index contributed by atoms with van der Waals surface area (Å²) >= 11 is 11.6. The Kier molecular flexibility index (Phi) is 14.2. The van der Waals surface area contributed by atoms with Crippen molar-refractivity contribution < 1.29 is 9.59 Å². The Morgan fingerprint density at radius 1 is 0.696 bits per heavy atom. The number of nitrogens with zero attached hydrogens (tertiary/aromatic N) is 5. The molecule has 1 aliphatic heterocycles. The van der Waals surface area contributed by atoms with E-state index in [4.69, 9.17) is 57.0 Å². The number of aromatic nitrogens is 4. The Morgan fingerprint density at radius 3 is 1.65 bits per heavy atom. The number of anilines is 4. The van der Waals surface area contributed by atoms with Gasteiger partial charge in [0.05, 0.1) is 0 Å². The molecule has 0 aromatic carbocycles. The lowest BCUT2D eigenvalue weighted by atomic mass is 10.0. The van der Waals surface area contributed by atoms with Crippen LogP contribution in [0.4, 0.5) is 23.3 Å². The molecule has 2 aromatic rings. The van der Waals surface area contributed by atoms with Crippen molar-refractivity contribution in [3.05, 3.63) is 21.7 Å². The number of guanidine groups is 2. The van der Waals surface area contributed by atoms with Crippen LogP contribution in [-0.4, -0.2) is 93.9 Å². The van der Waals surface area contributed by atoms with Crippen molar-refractivity contribution in [2.45, 2.75) is 51.0 Å². The summed E-state index contributed by atoms with van der Waals surface area (Å²) < 4.78 is 0. The van der Waals surface area contributed by atoms with Crippen molar-refractivity contribution in [1.29, 1.82) is 10.8 Å². The molecule has 0 unspecified atom stereocenters. The molecule has 2 aromatic heterocycles. The van der Waals surface area contributed by atoms with E-state index >= 15 is 0 Å². The van der Waals surface area contributed by atoms with E-state index in [1.54, 1.807) is 0 Å². The number of hydrogen-bond donors (Lipinski definition) is 11. The van der Waals surface area contributed by atoms with Gasteiger partial charge < -0.3 is 43.8 Å². The van der Waals surface area contributed by atoms with Gasteiger partial charge in [0.15, 0.2) is 56.9 Å². The molecule has 1 fully saturated rings. The second kappa shape index (κ2) is 18.0. The number of amides is 2. The van der Waals surface area contributed by atoms with E-state index in [9.17, 15) is 9.59 Å². The zero-order chi connectivity index (χ0) is 33.6. The number of unbranched alkanes of at least 4 members (excludes halogenated alkanes) is 3. The molecule has 15 N–H and O–H groups in total. The summed E-state index contributed by atoms with van der Waals surface area (Å²) in [7, 11) is 0. The van der Waals surface area contributed by atoms with E-state index < -0.39 is 11.8 Å². The summed E-state index contributed by atoms with van der Waals surface area (Å²) in [6.45, 7) is 5.05. The summed E-state index contributed by atoms with van der Waals surface area (Å²) in [5, 5.41) is 29.6. The quantitative estimate of drug-likeness (QED) is 0.0717. The fourth-order valence-electron chi connectivity index (χ4n) is 4.63. The highest BCUT2D eigenvalue weighted by atomic mass is 35.5. The summed E-state index contributed by atoms with van der Waals surface area (Å²) in [6.07, 6.45) is 6.81. The molecule has 0 bridgehead atoms. The first-order valence-corrected chi connectivity index (χ1v) is 15.6. The molecule has 0 spiro atoms. The number of carbonyl (C=O) groups excluding carboxylic acids is 2. The lowest BCUT2D eigenvalue weighted by Crippen LogP contribution is -2.43. The van der Waals surface area contributed by atoms with E-state index in [0.29, 0.717) is 19.1 Å². The highest BCUT2D eigenvalue weighted by Gasteiger charge is 2.20. The molecule has 3 rings (SSSR count). The number of piperidine rings is 1. The van der Waals surface area contributed by atoms with Crippen LogP contribution in [0, 0.1) is 10.8 Å². The summed E-state index contributed by atoms with van der Waals surface area (Å²) in [4.78, 5) is 42.2. The monoisotopic (exact) mass is 680 g/mol. The summed E-state index contributed by atoms with van der Waals surface area (Å²) in [5.74, 6) is -2.18. The fourth-order valence-corrected chi connectivity index (χ4v) is 4.89. The summed E-state index contributed by atoms with van der Waals surface area (Å²) in [5.41, 5.74) is 22.0. The van der Waals surface area contributed by atoms with Gasteiger partial charge in [-0.3, -0.25) is 31.0 Å². The Bertz CT molecular complexity index is 1280. The van der Waals surface area contributed by atoms with Gasteiger partial charge in [-0.2, -0.15) is 0 Å². The Labute approximate surface area is 276 Å². The normalized spacial score (nSPS) is 13.6. The average molecular weight is 682 g/mol. The molecular weight excluding hydrogens is 639 g/mol. The van der Waals surface area contributed by atoms with Crippen LogP contribution in [0.5, 0.6) is 0 Å². The van der Waals surface area contributed by atoms with Gasteiger partial charge in [0.2, 0.25) is 0 Å². The minimum atomic E-state index is -0.695. The van der Waals surface area contributed by atoms with Crippen molar-refractivity contribution >= 4 is 70.2 Å². The molecule has 0 atom stereocenters. The number of carbonyl (C=O) groups is 2. The SMILES string of the molecule is N=C(NCCCCCN1CCC(NCCCCNC(=N)NC(=O)c2nc(Cl)c(N)nc2N)CC1)NC(=O)c1nc(Cl)c(N)nc1N. The largest absolute Gasteiger partial charge is 0.382 e. The van der Waals surface area contributed by atoms with Gasteiger partial charge in [-0.25, -0.2) is 19.9 Å². The van der Waals surface area contributed by atoms with E-state index in [2.05, 4.69) is 51.4 Å². The first-order valence-electron chi connectivity index (χ1n) is 14.8. The van der Waals surface area contributed by atoms with Crippen molar-refractivity contribution in [3.63, 3.8) is 0 Å². The number of halogens is 2. The van der Waals surface area contributed by atoms with Gasteiger partial charge in [-0.05, 0) is 64.7 Å². The van der Waals surface area contributed by atoms with Crippen LogP contribution < -0.4 is 49.5 Å². The molecule has 0 radical (unpaired) electrons. The number of nitrogens with two attached hydrogens (primary N) is 4. The van der Waals surface area contributed by atoms with Crippen LogP contribution in [0.3, 0.4) is 0 Å². The van der Waals surface area contributed by atoms with Gasteiger partial charge in [-0.15, -0.1) is 0 Å². The second-order valence-corrected chi connectivity index (χ2v) is 11.3. The molecule has 0 aliphatic carbocycles. The lowest BCUT2D eigenvalue weighted by Gasteiger charge is -2.32. The molecule has 20 heteroatoms.